The van der Waals surface area contributed by atoms with Crippen LogP contribution in [-0.4, -0.2) is 119 Å². The summed E-state index contributed by atoms with van der Waals surface area (Å²) in [5.41, 5.74) is 4.69. The van der Waals surface area contributed by atoms with Gasteiger partial charge in [0.15, 0.2) is 18.5 Å². The molecule has 1 aromatic rings. The Morgan fingerprint density at radius 1 is 0.735 bits per heavy atom. The van der Waals surface area contributed by atoms with Gasteiger partial charge in [0.25, 0.3) is 0 Å². The van der Waals surface area contributed by atoms with Crippen LogP contribution in [0.1, 0.15) is 34.6 Å². The van der Waals surface area contributed by atoms with Crippen molar-refractivity contribution < 1.29 is 71.4 Å². The molecule has 49 heavy (non-hydrogen) atoms. The second-order valence-corrected chi connectivity index (χ2v) is 10.1. The molecule has 1 aromatic carbocycles. The highest BCUT2D eigenvalue weighted by Gasteiger charge is 2.51. The summed E-state index contributed by atoms with van der Waals surface area (Å²) < 4.78 is 48.8. The van der Waals surface area contributed by atoms with Crippen molar-refractivity contribution >= 4 is 41.6 Å². The third-order valence-electron chi connectivity index (χ3n) is 6.12. The van der Waals surface area contributed by atoms with Crippen molar-refractivity contribution in [1.82, 2.24) is 16.2 Å². The van der Waals surface area contributed by atoms with Gasteiger partial charge < -0.3 is 53.3 Å². The van der Waals surface area contributed by atoms with E-state index in [1.165, 1.54) is 13.8 Å². The molecule has 0 aromatic heterocycles. The molecule has 19 heteroatoms. The lowest BCUT2D eigenvalue weighted by molar-refractivity contribution is -0.279. The number of urea groups is 1. The number of hydrogen-bond acceptors (Lipinski definition) is 15. The van der Waals surface area contributed by atoms with Gasteiger partial charge in [0.2, 0.25) is 5.91 Å². The summed E-state index contributed by atoms with van der Waals surface area (Å²) in [6.07, 6.45) is -5.48. The lowest BCUT2D eigenvalue weighted by Gasteiger charge is -2.44. The van der Waals surface area contributed by atoms with Crippen molar-refractivity contribution in [3.05, 3.63) is 24.3 Å². The molecule has 3 unspecified atom stereocenters. The smallest absolute Gasteiger partial charge is 0.426 e. The van der Waals surface area contributed by atoms with Crippen LogP contribution < -0.4 is 26.2 Å². The Labute approximate surface area is 282 Å². The molecule has 0 spiro atoms. The number of anilines is 1. The zero-order chi connectivity index (χ0) is 36.2. The van der Waals surface area contributed by atoms with Gasteiger partial charge >= 0.3 is 30.0 Å². The minimum absolute atomic E-state index is 0.0103. The van der Waals surface area contributed by atoms with E-state index in [2.05, 4.69) is 26.2 Å². The molecule has 1 fully saturated rings. The topological polar surface area (TPSA) is 234 Å². The standard InChI is InChI=1S/C30H44N4O15/c1-6-43-30(40)34-33-29(39)32-22-7-9-23(10-8-22)44-15-13-41-11-12-42-14-16-45-28-25(31-18(2)35)27(48-21(5)38)26(47-20(4)37)24(49-28)17-46-19(3)36/h7-10,24-28H,6,11-17H2,1-5H3,(H,31,35)(H,34,40)(H2,32,33,39)/t24?,25?,26-,27?,28+/m0/s1. The molecular formula is C30H44N4O15. The van der Waals surface area contributed by atoms with Gasteiger partial charge in [-0.1, -0.05) is 0 Å². The van der Waals surface area contributed by atoms with Crippen molar-refractivity contribution in [3.8, 4) is 5.75 Å². The van der Waals surface area contributed by atoms with Gasteiger partial charge in [-0.15, -0.1) is 0 Å². The number of carbonyl (C=O) groups is 6. The average Bonchev–Trinajstić information content (AvgIpc) is 3.02. The Kier molecular flexibility index (Phi) is 18.2. The summed E-state index contributed by atoms with van der Waals surface area (Å²) in [6.45, 7) is 7.27. The van der Waals surface area contributed by atoms with Crippen molar-refractivity contribution in [2.45, 2.75) is 65.3 Å². The van der Waals surface area contributed by atoms with Crippen LogP contribution in [0.4, 0.5) is 15.3 Å². The molecule has 0 bridgehead atoms. The monoisotopic (exact) mass is 700 g/mol. The van der Waals surface area contributed by atoms with Gasteiger partial charge in [0, 0.05) is 33.4 Å². The van der Waals surface area contributed by atoms with Crippen molar-refractivity contribution in [3.63, 3.8) is 0 Å². The SMILES string of the molecule is CCOC(=O)NNC(=O)Nc1ccc(OCCOCCOCCO[C@@H]2OC(COC(C)=O)[C@H](OC(C)=O)C(OC(C)=O)C2NC(C)=O)cc1. The first-order valence-corrected chi connectivity index (χ1v) is 15.3. The van der Waals surface area contributed by atoms with E-state index in [0.29, 0.717) is 11.4 Å². The number of hydrazine groups is 1. The molecular weight excluding hydrogens is 656 g/mol. The van der Waals surface area contributed by atoms with E-state index in [4.69, 9.17) is 37.9 Å². The lowest BCUT2D eigenvalue weighted by atomic mass is 9.96. The van der Waals surface area contributed by atoms with Crippen LogP contribution in [0.25, 0.3) is 0 Å². The molecule has 1 aliphatic heterocycles. The van der Waals surface area contributed by atoms with Gasteiger partial charge in [0.1, 0.15) is 31.1 Å². The third-order valence-corrected chi connectivity index (χ3v) is 6.12. The van der Waals surface area contributed by atoms with Gasteiger partial charge in [-0.25, -0.2) is 20.4 Å². The predicted molar refractivity (Wildman–Crippen MR) is 166 cm³/mol. The summed E-state index contributed by atoms with van der Waals surface area (Å²) in [6, 6.07) is 4.78. The average molecular weight is 701 g/mol. The van der Waals surface area contributed by atoms with Crippen LogP contribution in [0.15, 0.2) is 24.3 Å². The Balaban J connectivity index is 1.74. The molecule has 2 rings (SSSR count). The number of amides is 4. The fraction of sp³-hybridized carbons (Fsp3) is 0.600. The third kappa shape index (κ3) is 16.3. The van der Waals surface area contributed by atoms with E-state index >= 15 is 0 Å². The highest BCUT2D eigenvalue weighted by atomic mass is 16.7. The molecule has 1 saturated heterocycles. The number of rotatable bonds is 18. The zero-order valence-corrected chi connectivity index (χ0v) is 28.0. The number of carbonyl (C=O) groups excluding carboxylic acids is 6. The minimum Gasteiger partial charge on any atom is -0.491 e. The second kappa shape index (κ2) is 22.0. The Bertz CT molecular complexity index is 1230. The van der Waals surface area contributed by atoms with Crippen LogP contribution >= 0.6 is 0 Å². The van der Waals surface area contributed by atoms with Crippen molar-refractivity contribution in [2.24, 2.45) is 0 Å². The first kappa shape index (κ1) is 40.5. The summed E-state index contributed by atoms with van der Waals surface area (Å²) in [7, 11) is 0. The largest absolute Gasteiger partial charge is 0.491 e. The molecule has 1 heterocycles. The van der Waals surface area contributed by atoms with Crippen LogP contribution in [0.3, 0.4) is 0 Å². The second-order valence-electron chi connectivity index (χ2n) is 10.1. The Morgan fingerprint density at radius 2 is 1.35 bits per heavy atom. The van der Waals surface area contributed by atoms with Crippen LogP contribution in [-0.2, 0) is 57.1 Å². The maximum absolute atomic E-state index is 12.0. The van der Waals surface area contributed by atoms with Crippen molar-refractivity contribution in [1.29, 1.82) is 0 Å². The van der Waals surface area contributed by atoms with Gasteiger partial charge in [-0.3, -0.25) is 19.2 Å². The summed E-state index contributed by atoms with van der Waals surface area (Å²) in [4.78, 5) is 70.2. The number of benzene rings is 1. The molecule has 274 valence electrons. The zero-order valence-electron chi connectivity index (χ0n) is 28.0. The fourth-order valence-electron chi connectivity index (χ4n) is 4.27. The maximum atomic E-state index is 12.0. The van der Waals surface area contributed by atoms with E-state index in [1.54, 1.807) is 31.2 Å². The molecule has 19 nitrogen and oxygen atoms in total. The first-order valence-electron chi connectivity index (χ1n) is 15.3. The van der Waals surface area contributed by atoms with Gasteiger partial charge in [0.05, 0.1) is 39.6 Å². The van der Waals surface area contributed by atoms with Gasteiger partial charge in [-0.2, -0.15) is 0 Å². The minimum atomic E-state index is -1.22. The molecule has 5 atom stereocenters. The molecule has 4 N–H and O–H groups in total. The summed E-state index contributed by atoms with van der Waals surface area (Å²) >= 11 is 0. The maximum Gasteiger partial charge on any atom is 0.426 e. The summed E-state index contributed by atoms with van der Waals surface area (Å²) in [5.74, 6) is -1.98. The number of hydrogen-bond donors (Lipinski definition) is 4. The number of ether oxygens (including phenoxy) is 9. The quantitative estimate of drug-likeness (QED) is 0.0709. The normalized spacial score (nSPS) is 19.8. The van der Waals surface area contributed by atoms with Crippen LogP contribution in [0, 0.1) is 0 Å². The van der Waals surface area contributed by atoms with Crippen LogP contribution in [0.5, 0.6) is 5.75 Å². The number of esters is 3. The highest BCUT2D eigenvalue weighted by Crippen LogP contribution is 2.28. The molecule has 4 amide bonds. The Hall–Kier alpha value is -4.72. The molecule has 1 aliphatic rings. The van der Waals surface area contributed by atoms with E-state index in [9.17, 15) is 28.8 Å². The first-order chi connectivity index (χ1) is 23.4. The predicted octanol–water partition coefficient (Wildman–Crippen LogP) is 0.554. The van der Waals surface area contributed by atoms with Crippen LogP contribution in [0.2, 0.25) is 0 Å². The summed E-state index contributed by atoms with van der Waals surface area (Å²) in [5, 5.41) is 5.15. The number of nitrogens with one attached hydrogen (secondary N) is 4. The molecule has 0 saturated carbocycles. The van der Waals surface area contributed by atoms with E-state index < -0.39 is 66.6 Å². The van der Waals surface area contributed by atoms with E-state index in [-0.39, 0.29) is 52.9 Å². The fourth-order valence-corrected chi connectivity index (χ4v) is 4.27. The van der Waals surface area contributed by atoms with Gasteiger partial charge in [-0.05, 0) is 31.2 Å². The van der Waals surface area contributed by atoms with E-state index in [1.807, 2.05) is 0 Å². The van der Waals surface area contributed by atoms with Crippen molar-refractivity contribution in [2.75, 3.05) is 58.2 Å². The lowest BCUT2D eigenvalue weighted by Crippen LogP contribution is -2.66. The highest BCUT2D eigenvalue weighted by molar-refractivity contribution is 5.90. The molecule has 0 aliphatic carbocycles. The van der Waals surface area contributed by atoms with E-state index in [0.717, 1.165) is 13.8 Å². The Morgan fingerprint density at radius 3 is 1.94 bits per heavy atom. The molecule has 0 radical (unpaired) electrons.